The summed E-state index contributed by atoms with van der Waals surface area (Å²) in [5.41, 5.74) is 0. The van der Waals surface area contributed by atoms with Gasteiger partial charge in [-0.3, -0.25) is 0 Å². The number of aliphatic carboxylic acids is 1. The van der Waals surface area contributed by atoms with Crippen molar-refractivity contribution in [3.8, 4) is 0 Å². The number of hydrogen-bond acceptors (Lipinski definition) is 2. The summed E-state index contributed by atoms with van der Waals surface area (Å²) < 4.78 is 0. The molecule has 1 fully saturated rings. The van der Waals surface area contributed by atoms with Crippen molar-refractivity contribution in [1.82, 2.24) is 0 Å². The van der Waals surface area contributed by atoms with Crippen LogP contribution in [0.15, 0.2) is 0 Å². The van der Waals surface area contributed by atoms with Crippen molar-refractivity contribution in [2.24, 2.45) is 11.8 Å². The largest absolute Gasteiger partial charge is 1.00 e. The van der Waals surface area contributed by atoms with Crippen LogP contribution in [-0.4, -0.2) is 5.97 Å². The van der Waals surface area contributed by atoms with Crippen molar-refractivity contribution in [1.29, 1.82) is 0 Å². The minimum absolute atomic E-state index is 0. The maximum absolute atomic E-state index is 10.2. The monoisotopic (exact) mass is 232 g/mol. The third-order valence-corrected chi connectivity index (χ3v) is 2.98. The smallest absolute Gasteiger partial charge is 0.550 e. The Balaban J connectivity index is 0.00000144. The fourth-order valence-corrected chi connectivity index (χ4v) is 2.13. The van der Waals surface area contributed by atoms with Gasteiger partial charge < -0.3 is 9.90 Å². The molecule has 0 aliphatic heterocycles. The van der Waals surface area contributed by atoms with E-state index >= 15 is 0 Å². The second kappa shape index (κ2) is 6.44. The van der Waals surface area contributed by atoms with Crippen LogP contribution in [0.5, 0.6) is 0 Å². The molecule has 1 saturated carbocycles. The zero-order valence-electron chi connectivity index (χ0n) is 8.02. The Kier molecular flexibility index (Phi) is 6.44. The van der Waals surface area contributed by atoms with Gasteiger partial charge in [-0.2, -0.15) is 0 Å². The van der Waals surface area contributed by atoms with E-state index in [0.29, 0.717) is 5.92 Å². The van der Waals surface area contributed by atoms with E-state index in [2.05, 4.69) is 6.92 Å². The van der Waals surface area contributed by atoms with E-state index in [-0.39, 0.29) is 23.5 Å². The Morgan fingerprint density at radius 3 is 2.46 bits per heavy atom. The molecular weight excluding hydrogens is 216 g/mol. The molecule has 0 amide bonds. The number of hydrogen-bond donors (Lipinski definition) is 0. The number of carbonyl (C=O) groups is 1. The zero-order chi connectivity index (χ0) is 8.97. The molecule has 0 radical (unpaired) electrons. The number of carboxylic acid groups (broad SMARTS) is 1. The van der Waals surface area contributed by atoms with E-state index in [4.69, 9.17) is 0 Å². The third-order valence-electron chi connectivity index (χ3n) is 2.98. The molecule has 0 N–H and O–H groups in total. The summed E-state index contributed by atoms with van der Waals surface area (Å²) in [6.07, 6.45) is 6.10. The van der Waals surface area contributed by atoms with E-state index in [1.54, 1.807) is 0 Å². The molecule has 2 unspecified atom stereocenters. The normalized spacial score (nSPS) is 26.8. The fraction of sp³-hybridized carbons (Fsp3) is 0.900. The summed E-state index contributed by atoms with van der Waals surface area (Å²) in [4.78, 5) is 10.2. The molecule has 1 aliphatic carbocycles. The van der Waals surface area contributed by atoms with Gasteiger partial charge in [0.1, 0.15) is 0 Å². The second-order valence-electron chi connectivity index (χ2n) is 3.86. The van der Waals surface area contributed by atoms with Gasteiger partial charge in [0.15, 0.2) is 0 Å². The first kappa shape index (κ1) is 13.0. The molecule has 13 heavy (non-hydrogen) atoms. The Morgan fingerprint density at radius 1 is 1.38 bits per heavy atom. The van der Waals surface area contributed by atoms with Gasteiger partial charge in [-0.25, -0.2) is 0 Å². The molecule has 1 aliphatic rings. The fourth-order valence-electron chi connectivity index (χ4n) is 2.13. The molecule has 80 valence electrons. The van der Waals surface area contributed by atoms with Crippen LogP contribution in [0.4, 0.5) is 0 Å². The van der Waals surface area contributed by atoms with Crippen molar-refractivity contribution >= 4 is 5.97 Å². The van der Waals surface area contributed by atoms with Gasteiger partial charge in [0.2, 0.25) is 0 Å². The van der Waals surface area contributed by atoms with Gasteiger partial charge in [-0.05, 0) is 31.1 Å². The van der Waals surface area contributed by atoms with Crippen LogP contribution >= 0.6 is 0 Å². The van der Waals surface area contributed by atoms with Crippen molar-refractivity contribution in [3.05, 3.63) is 0 Å². The van der Waals surface area contributed by atoms with Crippen molar-refractivity contribution < 1.29 is 27.0 Å². The van der Waals surface area contributed by atoms with E-state index in [0.717, 1.165) is 12.3 Å². The first-order valence-electron chi connectivity index (χ1n) is 4.92. The van der Waals surface area contributed by atoms with Gasteiger partial charge in [0.25, 0.3) is 0 Å². The van der Waals surface area contributed by atoms with Gasteiger partial charge in [-0.1, -0.05) is 26.2 Å². The Bertz CT molecular complexity index is 159. The van der Waals surface area contributed by atoms with Gasteiger partial charge >= 0.3 is 17.1 Å². The molecule has 0 bridgehead atoms. The van der Waals surface area contributed by atoms with Crippen LogP contribution in [0.2, 0.25) is 0 Å². The molecule has 2 nitrogen and oxygen atoms in total. The molecule has 0 aromatic rings. The SMILES string of the molecule is CCC1CCC(CCC(=O)[O-])C1.[Cu+]. The van der Waals surface area contributed by atoms with Crippen LogP contribution < -0.4 is 5.11 Å². The molecule has 0 heterocycles. The zero-order valence-corrected chi connectivity index (χ0v) is 8.96. The van der Waals surface area contributed by atoms with Crippen LogP contribution in [0.3, 0.4) is 0 Å². The molecule has 3 heteroatoms. The van der Waals surface area contributed by atoms with Crippen LogP contribution in [0.25, 0.3) is 0 Å². The first-order chi connectivity index (χ1) is 5.72. The molecule has 0 spiro atoms. The summed E-state index contributed by atoms with van der Waals surface area (Å²) in [7, 11) is 0. The van der Waals surface area contributed by atoms with Gasteiger partial charge in [0, 0.05) is 5.97 Å². The minimum Gasteiger partial charge on any atom is -0.550 e. The summed E-state index contributed by atoms with van der Waals surface area (Å²) >= 11 is 0. The standard InChI is InChI=1S/C10H18O2.Cu/c1-2-8-3-4-9(7-8)5-6-10(11)12;/h8-9H,2-7H2,1H3,(H,11,12);/q;+1/p-1. The first-order valence-corrected chi connectivity index (χ1v) is 4.92. The van der Waals surface area contributed by atoms with Crippen molar-refractivity contribution in [2.45, 2.75) is 45.4 Å². The molecule has 0 saturated heterocycles. The third kappa shape index (κ3) is 4.68. The maximum atomic E-state index is 10.2. The average Bonchev–Trinajstić information content (AvgIpc) is 2.48. The average molecular weight is 233 g/mol. The van der Waals surface area contributed by atoms with Gasteiger partial charge in [0.05, 0.1) is 0 Å². The van der Waals surface area contributed by atoms with E-state index in [9.17, 15) is 9.90 Å². The Morgan fingerprint density at radius 2 is 2.00 bits per heavy atom. The van der Waals surface area contributed by atoms with Crippen molar-refractivity contribution in [3.63, 3.8) is 0 Å². The number of carboxylic acids is 1. The Hall–Kier alpha value is -0.0105. The molecule has 0 aromatic carbocycles. The minimum atomic E-state index is -0.894. The van der Waals surface area contributed by atoms with E-state index < -0.39 is 5.97 Å². The predicted octanol–water partition coefficient (Wildman–Crippen LogP) is 1.34. The van der Waals surface area contributed by atoms with Crippen molar-refractivity contribution in [2.75, 3.05) is 0 Å². The van der Waals surface area contributed by atoms with Crippen LogP contribution in [0, 0.1) is 11.8 Å². The van der Waals surface area contributed by atoms with Crippen LogP contribution in [-0.2, 0) is 21.9 Å². The molecule has 2 atom stereocenters. The summed E-state index contributed by atoms with van der Waals surface area (Å²) in [6.45, 7) is 2.21. The summed E-state index contributed by atoms with van der Waals surface area (Å²) in [5, 5.41) is 10.2. The topological polar surface area (TPSA) is 40.1 Å². The number of rotatable bonds is 4. The Labute approximate surface area is 90.6 Å². The maximum Gasteiger partial charge on any atom is 1.00 e. The molecule has 0 aromatic heterocycles. The van der Waals surface area contributed by atoms with Gasteiger partial charge in [-0.15, -0.1) is 0 Å². The summed E-state index contributed by atoms with van der Waals surface area (Å²) in [6, 6.07) is 0. The predicted molar refractivity (Wildman–Crippen MR) is 45.4 cm³/mol. The van der Waals surface area contributed by atoms with E-state index in [1.165, 1.54) is 25.7 Å². The quantitative estimate of drug-likeness (QED) is 0.687. The molecular formula is C10H17CuO2. The van der Waals surface area contributed by atoms with Crippen LogP contribution in [0.1, 0.15) is 45.4 Å². The van der Waals surface area contributed by atoms with E-state index in [1.807, 2.05) is 0 Å². The second-order valence-corrected chi connectivity index (χ2v) is 3.86. The number of carbonyl (C=O) groups excluding carboxylic acids is 1. The summed E-state index contributed by atoms with van der Waals surface area (Å²) in [5.74, 6) is 0.625. The molecule has 1 rings (SSSR count).